The molecule has 1 heterocycles. The lowest BCUT2D eigenvalue weighted by Crippen LogP contribution is -2.34. The van der Waals surface area contributed by atoms with E-state index in [4.69, 9.17) is 4.74 Å². The fraction of sp³-hybridized carbons (Fsp3) is 0.500. The molecule has 0 spiro atoms. The summed E-state index contributed by atoms with van der Waals surface area (Å²) in [5.41, 5.74) is 7.00. The van der Waals surface area contributed by atoms with Gasteiger partial charge in [0.25, 0.3) is 0 Å². The summed E-state index contributed by atoms with van der Waals surface area (Å²) in [5.74, 6) is 0.0764. The number of morpholine rings is 1. The first-order chi connectivity index (χ1) is 15.7. The molecule has 1 aliphatic heterocycles. The van der Waals surface area contributed by atoms with Crippen LogP contribution in [-0.4, -0.2) is 37.0 Å². The summed E-state index contributed by atoms with van der Waals surface area (Å²) in [4.78, 5) is 15.1. The number of allylic oxidation sites excluding steroid dienone is 1. The van der Waals surface area contributed by atoms with Crippen LogP contribution in [-0.2, 0) is 21.0 Å². The topological polar surface area (TPSA) is 29.5 Å². The third-order valence-electron chi connectivity index (χ3n) is 8.34. The molecule has 3 heteroatoms. The van der Waals surface area contributed by atoms with Crippen molar-refractivity contribution in [1.82, 2.24) is 4.90 Å². The Kier molecular flexibility index (Phi) is 5.52. The molecule has 3 aliphatic rings. The van der Waals surface area contributed by atoms with Crippen LogP contribution in [0, 0.1) is 0 Å². The number of benzene rings is 2. The molecule has 0 radical (unpaired) electrons. The van der Waals surface area contributed by atoms with Gasteiger partial charge < -0.3 is 9.64 Å². The zero-order chi connectivity index (χ0) is 23.3. The van der Waals surface area contributed by atoms with E-state index in [2.05, 4.69) is 69.0 Å². The molecule has 2 fully saturated rings. The van der Waals surface area contributed by atoms with Gasteiger partial charge in [-0.2, -0.15) is 0 Å². The number of carbonyl (C=O) groups is 1. The molecule has 0 aromatic heterocycles. The highest BCUT2D eigenvalue weighted by atomic mass is 16.5. The molecular formula is C30H37NO2. The average Bonchev–Trinajstić information content (AvgIpc) is 3.63. The second-order valence-corrected chi connectivity index (χ2v) is 11.5. The first kappa shape index (κ1) is 22.4. The van der Waals surface area contributed by atoms with Crippen LogP contribution in [0.5, 0.6) is 0 Å². The quantitative estimate of drug-likeness (QED) is 0.410. The molecule has 1 saturated heterocycles. The Morgan fingerprint density at radius 3 is 2.21 bits per heavy atom. The van der Waals surface area contributed by atoms with Gasteiger partial charge in [-0.1, -0.05) is 64.1 Å². The Balaban J connectivity index is 1.44. The summed E-state index contributed by atoms with van der Waals surface area (Å²) in [7, 11) is 0. The Labute approximate surface area is 198 Å². The molecule has 5 rings (SSSR count). The lowest BCUT2D eigenvalue weighted by atomic mass is 9.62. The standard InChI is InChI=1S/C30H37NO2/c1-28(2)11-12-29(3,4)26-21-24(8-9-25(26)28)30(13-14-30)23-7-5-6-22(20-23)27(32)10-15-31-16-18-33-19-17-31/h5-10,15,20-21H,11-14,16-19H2,1-4H3. The van der Waals surface area contributed by atoms with E-state index in [9.17, 15) is 4.79 Å². The van der Waals surface area contributed by atoms with Crippen LogP contribution in [0.2, 0.25) is 0 Å². The minimum atomic E-state index is 0.0525. The van der Waals surface area contributed by atoms with E-state index >= 15 is 0 Å². The largest absolute Gasteiger partial charge is 0.378 e. The highest BCUT2D eigenvalue weighted by Crippen LogP contribution is 2.55. The Hall–Kier alpha value is -2.39. The summed E-state index contributed by atoms with van der Waals surface area (Å²) in [6, 6.07) is 15.6. The van der Waals surface area contributed by atoms with Crippen LogP contribution in [0.25, 0.3) is 0 Å². The van der Waals surface area contributed by atoms with Crippen molar-refractivity contribution in [2.45, 2.75) is 69.6 Å². The van der Waals surface area contributed by atoms with Crippen molar-refractivity contribution >= 4 is 5.78 Å². The van der Waals surface area contributed by atoms with Gasteiger partial charge in [-0.15, -0.1) is 0 Å². The summed E-state index contributed by atoms with van der Waals surface area (Å²) in [6.07, 6.45) is 8.40. The van der Waals surface area contributed by atoms with E-state index in [-0.39, 0.29) is 22.0 Å². The monoisotopic (exact) mass is 443 g/mol. The van der Waals surface area contributed by atoms with Gasteiger partial charge in [-0.3, -0.25) is 4.79 Å². The highest BCUT2D eigenvalue weighted by Gasteiger charge is 2.47. The first-order valence-corrected chi connectivity index (χ1v) is 12.5. The van der Waals surface area contributed by atoms with E-state index < -0.39 is 0 Å². The zero-order valence-corrected chi connectivity index (χ0v) is 20.6. The van der Waals surface area contributed by atoms with Crippen molar-refractivity contribution in [1.29, 1.82) is 0 Å². The van der Waals surface area contributed by atoms with Gasteiger partial charge in [0.05, 0.1) is 13.2 Å². The maximum absolute atomic E-state index is 12.9. The van der Waals surface area contributed by atoms with Gasteiger partial charge in [0.15, 0.2) is 5.78 Å². The number of rotatable bonds is 5. The molecule has 0 N–H and O–H groups in total. The van der Waals surface area contributed by atoms with Crippen molar-refractivity contribution in [3.05, 3.63) is 82.6 Å². The minimum Gasteiger partial charge on any atom is -0.378 e. The molecular weight excluding hydrogens is 406 g/mol. The number of carbonyl (C=O) groups excluding carboxylic acids is 1. The van der Waals surface area contributed by atoms with Gasteiger partial charge in [0.2, 0.25) is 0 Å². The summed E-state index contributed by atoms with van der Waals surface area (Å²) in [5, 5.41) is 0. The molecule has 0 atom stereocenters. The van der Waals surface area contributed by atoms with Crippen LogP contribution in [0.4, 0.5) is 0 Å². The number of nitrogens with zero attached hydrogens (tertiary/aromatic N) is 1. The predicted octanol–water partition coefficient (Wildman–Crippen LogP) is 6.14. The van der Waals surface area contributed by atoms with Gasteiger partial charge in [-0.25, -0.2) is 0 Å². The van der Waals surface area contributed by atoms with E-state index in [1.54, 1.807) is 6.08 Å². The molecule has 0 bridgehead atoms. The van der Waals surface area contributed by atoms with Crippen LogP contribution in [0.1, 0.15) is 86.0 Å². The Morgan fingerprint density at radius 1 is 0.848 bits per heavy atom. The number of hydrogen-bond acceptors (Lipinski definition) is 3. The van der Waals surface area contributed by atoms with E-state index in [1.807, 2.05) is 12.3 Å². The molecule has 3 nitrogen and oxygen atoms in total. The van der Waals surface area contributed by atoms with Crippen molar-refractivity contribution < 1.29 is 9.53 Å². The van der Waals surface area contributed by atoms with Gasteiger partial charge in [-0.05, 0) is 64.8 Å². The summed E-state index contributed by atoms with van der Waals surface area (Å²) >= 11 is 0. The van der Waals surface area contributed by atoms with Crippen molar-refractivity contribution in [3.8, 4) is 0 Å². The second kappa shape index (κ2) is 8.13. The average molecular weight is 444 g/mol. The van der Waals surface area contributed by atoms with Gasteiger partial charge >= 0.3 is 0 Å². The normalized spacial score (nSPS) is 22.7. The fourth-order valence-corrected chi connectivity index (χ4v) is 5.72. The molecule has 2 aromatic carbocycles. The minimum absolute atomic E-state index is 0.0525. The third kappa shape index (κ3) is 4.17. The second-order valence-electron chi connectivity index (χ2n) is 11.5. The first-order valence-electron chi connectivity index (χ1n) is 12.5. The molecule has 2 aliphatic carbocycles. The SMILES string of the molecule is CC1(C)CCC(C)(C)c2cc(C3(c4cccc(C(=O)C=CN5CCOCC5)c4)CC3)ccc21. The smallest absolute Gasteiger partial charge is 0.187 e. The molecule has 2 aromatic rings. The van der Waals surface area contributed by atoms with E-state index in [1.165, 1.54) is 35.1 Å². The van der Waals surface area contributed by atoms with Crippen LogP contribution in [0.3, 0.4) is 0 Å². The summed E-state index contributed by atoms with van der Waals surface area (Å²) in [6.45, 7) is 12.7. The number of ether oxygens (including phenoxy) is 1. The van der Waals surface area contributed by atoms with E-state index in [0.717, 1.165) is 44.7 Å². The zero-order valence-electron chi connectivity index (χ0n) is 20.6. The Morgan fingerprint density at radius 2 is 1.52 bits per heavy atom. The van der Waals surface area contributed by atoms with Crippen molar-refractivity contribution in [2.75, 3.05) is 26.3 Å². The predicted molar refractivity (Wildman–Crippen MR) is 134 cm³/mol. The third-order valence-corrected chi connectivity index (χ3v) is 8.34. The van der Waals surface area contributed by atoms with Crippen LogP contribution >= 0.6 is 0 Å². The fourth-order valence-electron chi connectivity index (χ4n) is 5.72. The van der Waals surface area contributed by atoms with Gasteiger partial charge in [0, 0.05) is 36.3 Å². The lowest BCUT2D eigenvalue weighted by Gasteiger charge is -2.42. The molecule has 0 amide bonds. The molecule has 1 saturated carbocycles. The van der Waals surface area contributed by atoms with E-state index in [0.29, 0.717) is 0 Å². The number of hydrogen-bond donors (Lipinski definition) is 0. The maximum Gasteiger partial charge on any atom is 0.187 e. The molecule has 33 heavy (non-hydrogen) atoms. The number of fused-ring (bicyclic) bond motifs is 1. The van der Waals surface area contributed by atoms with Crippen LogP contribution in [0.15, 0.2) is 54.7 Å². The lowest BCUT2D eigenvalue weighted by molar-refractivity contribution is 0.0591. The highest BCUT2D eigenvalue weighted by molar-refractivity contribution is 6.04. The van der Waals surface area contributed by atoms with Gasteiger partial charge in [0.1, 0.15) is 0 Å². The molecule has 0 unspecified atom stereocenters. The Bertz CT molecular complexity index is 1080. The van der Waals surface area contributed by atoms with Crippen LogP contribution < -0.4 is 0 Å². The molecule has 174 valence electrons. The number of ketones is 1. The van der Waals surface area contributed by atoms with Crippen molar-refractivity contribution in [3.63, 3.8) is 0 Å². The maximum atomic E-state index is 12.9. The summed E-state index contributed by atoms with van der Waals surface area (Å²) < 4.78 is 5.39. The van der Waals surface area contributed by atoms with Crippen molar-refractivity contribution in [2.24, 2.45) is 0 Å².